The zero-order valence-corrected chi connectivity index (χ0v) is 13.2. The van der Waals surface area contributed by atoms with Crippen molar-refractivity contribution in [2.75, 3.05) is 14.1 Å². The Balaban J connectivity index is 3.03. The van der Waals surface area contributed by atoms with Crippen LogP contribution in [0.4, 0.5) is 5.69 Å². The number of nitro groups is 1. The van der Waals surface area contributed by atoms with Crippen molar-refractivity contribution in [2.45, 2.75) is 17.2 Å². The Labute approximate surface area is 124 Å². The highest BCUT2D eigenvalue weighted by atomic mass is 35.5. The lowest BCUT2D eigenvalue weighted by atomic mass is 10.3. The van der Waals surface area contributed by atoms with E-state index in [1.807, 2.05) is 0 Å². The van der Waals surface area contributed by atoms with E-state index in [1.54, 1.807) is 0 Å². The molecule has 0 bridgehead atoms. The molecule has 0 radical (unpaired) electrons. The zero-order valence-electron chi connectivity index (χ0n) is 10.8. The fourth-order valence-corrected chi connectivity index (χ4v) is 4.20. The van der Waals surface area contributed by atoms with Gasteiger partial charge < -0.3 is 4.90 Å². The lowest BCUT2D eigenvalue weighted by Crippen LogP contribution is -2.43. The SMILES string of the molecule is CC(NS(=O)(=O)c1cc([N+](=O)[O-])c(Cl)s1)C(=O)N(C)C. The number of likely N-dealkylation sites (N-methyl/N-ethyl adjacent to an activating group) is 1. The highest BCUT2D eigenvalue weighted by Crippen LogP contribution is 2.36. The second-order valence-electron chi connectivity index (χ2n) is 4.06. The molecule has 0 saturated heterocycles. The van der Waals surface area contributed by atoms with Gasteiger partial charge in [0.05, 0.1) is 11.0 Å². The van der Waals surface area contributed by atoms with Gasteiger partial charge in [0.25, 0.3) is 15.7 Å². The van der Waals surface area contributed by atoms with E-state index in [-0.39, 0.29) is 8.55 Å². The van der Waals surface area contributed by atoms with E-state index in [0.717, 1.165) is 6.07 Å². The highest BCUT2D eigenvalue weighted by Gasteiger charge is 2.28. The third kappa shape index (κ3) is 3.66. The Hall–Kier alpha value is -1.23. The number of nitrogens with zero attached hydrogens (tertiary/aromatic N) is 2. The van der Waals surface area contributed by atoms with Crippen LogP contribution in [0.5, 0.6) is 0 Å². The number of hydrogen-bond donors (Lipinski definition) is 1. The molecule has 0 spiro atoms. The number of carbonyl (C=O) groups is 1. The zero-order chi connectivity index (χ0) is 15.7. The maximum absolute atomic E-state index is 12.0. The van der Waals surface area contributed by atoms with Crippen molar-refractivity contribution in [3.05, 3.63) is 20.5 Å². The lowest BCUT2D eigenvalue weighted by Gasteiger charge is -2.17. The van der Waals surface area contributed by atoms with Crippen LogP contribution in [0.25, 0.3) is 0 Å². The molecule has 0 aliphatic carbocycles. The van der Waals surface area contributed by atoms with E-state index >= 15 is 0 Å². The standard InChI is InChI=1S/C9H12ClN3O5S2/c1-5(9(14)12(2)3)11-20(17,18)7-4-6(13(15)16)8(10)19-7/h4-5,11H,1-3H3. The summed E-state index contributed by atoms with van der Waals surface area (Å²) in [6.45, 7) is 1.38. The molecule has 1 rings (SSSR count). The summed E-state index contributed by atoms with van der Waals surface area (Å²) in [6.07, 6.45) is 0. The number of hydrogen-bond acceptors (Lipinski definition) is 6. The Morgan fingerprint density at radius 3 is 2.50 bits per heavy atom. The van der Waals surface area contributed by atoms with Crippen LogP contribution in [0.3, 0.4) is 0 Å². The molecule has 1 unspecified atom stereocenters. The van der Waals surface area contributed by atoms with E-state index in [4.69, 9.17) is 11.6 Å². The molecule has 1 heterocycles. The molecule has 0 fully saturated rings. The van der Waals surface area contributed by atoms with Crippen molar-refractivity contribution in [3.8, 4) is 0 Å². The second kappa shape index (κ2) is 6.04. The van der Waals surface area contributed by atoms with Crippen LogP contribution in [0.2, 0.25) is 4.34 Å². The Kier molecular flexibility index (Phi) is 5.08. The van der Waals surface area contributed by atoms with Crippen LogP contribution >= 0.6 is 22.9 Å². The topological polar surface area (TPSA) is 110 Å². The lowest BCUT2D eigenvalue weighted by molar-refractivity contribution is -0.384. The second-order valence-corrected chi connectivity index (χ2v) is 7.65. The largest absolute Gasteiger partial charge is 0.347 e. The number of amides is 1. The van der Waals surface area contributed by atoms with Gasteiger partial charge in [-0.3, -0.25) is 14.9 Å². The quantitative estimate of drug-likeness (QED) is 0.636. The van der Waals surface area contributed by atoms with Gasteiger partial charge in [-0.05, 0) is 6.92 Å². The van der Waals surface area contributed by atoms with Crippen molar-refractivity contribution in [2.24, 2.45) is 0 Å². The van der Waals surface area contributed by atoms with Crippen LogP contribution in [0.15, 0.2) is 10.3 Å². The molecular formula is C9H12ClN3O5S2. The molecule has 0 aliphatic heterocycles. The van der Waals surface area contributed by atoms with Crippen LogP contribution in [-0.4, -0.2) is 44.3 Å². The monoisotopic (exact) mass is 341 g/mol. The van der Waals surface area contributed by atoms with Crippen molar-refractivity contribution in [1.29, 1.82) is 0 Å². The van der Waals surface area contributed by atoms with Gasteiger partial charge in [-0.1, -0.05) is 11.6 Å². The first kappa shape index (κ1) is 16.8. The first-order chi connectivity index (χ1) is 9.06. The molecule has 8 nitrogen and oxygen atoms in total. The average molecular weight is 342 g/mol. The molecule has 1 amide bonds. The van der Waals surface area contributed by atoms with Crippen LogP contribution < -0.4 is 4.72 Å². The fourth-order valence-electron chi connectivity index (χ4n) is 1.32. The van der Waals surface area contributed by atoms with Gasteiger partial charge in [0.2, 0.25) is 5.91 Å². The Morgan fingerprint density at radius 1 is 1.55 bits per heavy atom. The van der Waals surface area contributed by atoms with Gasteiger partial charge in [0, 0.05) is 20.2 Å². The summed E-state index contributed by atoms with van der Waals surface area (Å²) in [5.74, 6) is -0.439. The number of sulfonamides is 1. The number of rotatable bonds is 5. The summed E-state index contributed by atoms with van der Waals surface area (Å²) < 4.78 is 25.6. The van der Waals surface area contributed by atoms with Gasteiger partial charge >= 0.3 is 0 Å². The Morgan fingerprint density at radius 2 is 2.10 bits per heavy atom. The summed E-state index contributed by atoms with van der Waals surface area (Å²) in [4.78, 5) is 22.7. The summed E-state index contributed by atoms with van der Waals surface area (Å²) in [5.41, 5.74) is -0.483. The molecular weight excluding hydrogens is 330 g/mol. The van der Waals surface area contributed by atoms with E-state index in [1.165, 1.54) is 25.9 Å². The van der Waals surface area contributed by atoms with Crippen molar-refractivity contribution >= 4 is 44.6 Å². The van der Waals surface area contributed by atoms with Gasteiger partial charge in [0.1, 0.15) is 4.21 Å². The molecule has 0 aliphatic rings. The fraction of sp³-hybridized carbons (Fsp3) is 0.444. The number of halogens is 1. The molecule has 1 N–H and O–H groups in total. The third-order valence-electron chi connectivity index (χ3n) is 2.25. The minimum Gasteiger partial charge on any atom is -0.347 e. The van der Waals surface area contributed by atoms with Crippen molar-refractivity contribution < 1.29 is 18.1 Å². The van der Waals surface area contributed by atoms with Gasteiger partial charge in [-0.15, -0.1) is 11.3 Å². The average Bonchev–Trinajstić information content (AvgIpc) is 2.70. The predicted molar refractivity (Wildman–Crippen MR) is 74.5 cm³/mol. The van der Waals surface area contributed by atoms with Gasteiger partial charge in [-0.25, -0.2) is 8.42 Å². The molecule has 1 aromatic rings. The van der Waals surface area contributed by atoms with E-state index in [2.05, 4.69) is 4.72 Å². The molecule has 0 saturated carbocycles. The van der Waals surface area contributed by atoms with Crippen molar-refractivity contribution in [1.82, 2.24) is 9.62 Å². The van der Waals surface area contributed by atoms with E-state index < -0.39 is 32.6 Å². The summed E-state index contributed by atoms with van der Waals surface area (Å²) in [7, 11) is -1.07. The van der Waals surface area contributed by atoms with Crippen molar-refractivity contribution in [3.63, 3.8) is 0 Å². The first-order valence-electron chi connectivity index (χ1n) is 5.23. The Bertz CT molecular complexity index is 640. The summed E-state index contributed by atoms with van der Waals surface area (Å²) in [5, 5.41) is 10.6. The summed E-state index contributed by atoms with van der Waals surface area (Å²) in [6, 6.07) is -0.128. The minimum atomic E-state index is -4.04. The highest BCUT2D eigenvalue weighted by molar-refractivity contribution is 7.91. The van der Waals surface area contributed by atoms with Gasteiger partial charge in [0.15, 0.2) is 4.34 Å². The van der Waals surface area contributed by atoms with Crippen LogP contribution in [0.1, 0.15) is 6.92 Å². The molecule has 0 aromatic carbocycles. The molecule has 1 atom stereocenters. The number of carbonyl (C=O) groups excluding carboxylic acids is 1. The minimum absolute atomic E-state index is 0.234. The van der Waals surface area contributed by atoms with Crippen LogP contribution in [0, 0.1) is 10.1 Å². The smallest absolute Gasteiger partial charge is 0.300 e. The molecule has 112 valence electrons. The number of nitrogens with one attached hydrogen (secondary N) is 1. The number of thiophene rings is 1. The first-order valence-corrected chi connectivity index (χ1v) is 7.91. The van der Waals surface area contributed by atoms with Crippen LogP contribution in [-0.2, 0) is 14.8 Å². The molecule has 11 heteroatoms. The predicted octanol–water partition coefficient (Wildman–Crippen LogP) is 1.06. The van der Waals surface area contributed by atoms with E-state index in [0.29, 0.717) is 11.3 Å². The maximum atomic E-state index is 12.0. The van der Waals surface area contributed by atoms with Gasteiger partial charge in [-0.2, -0.15) is 4.72 Å². The third-order valence-corrected chi connectivity index (χ3v) is 5.60. The van der Waals surface area contributed by atoms with E-state index in [9.17, 15) is 23.3 Å². The molecule has 20 heavy (non-hydrogen) atoms. The normalized spacial score (nSPS) is 13.0. The maximum Gasteiger partial charge on any atom is 0.300 e. The summed E-state index contributed by atoms with van der Waals surface area (Å²) >= 11 is 6.17. The molecule has 1 aromatic heterocycles.